The molecular formula is C20H27N. The number of hydrogen-bond acceptors (Lipinski definition) is 1. The third-order valence-corrected chi connectivity index (χ3v) is 3.57. The molecular weight excluding hydrogens is 254 g/mol. The van der Waals surface area contributed by atoms with Crippen molar-refractivity contribution in [2.24, 2.45) is 11.8 Å². The number of anilines is 2. The van der Waals surface area contributed by atoms with Gasteiger partial charge >= 0.3 is 0 Å². The second kappa shape index (κ2) is 7.31. The summed E-state index contributed by atoms with van der Waals surface area (Å²) in [6, 6.07) is 17.1. The number of rotatable bonds is 6. The second-order valence-electron chi connectivity index (χ2n) is 6.63. The summed E-state index contributed by atoms with van der Waals surface area (Å²) in [6.07, 6.45) is 2.27. The maximum Gasteiger partial charge on any atom is 0.0419 e. The van der Waals surface area contributed by atoms with Crippen molar-refractivity contribution in [3.63, 3.8) is 0 Å². The standard InChI is InChI=1S/C20H27N/c1-15(2)13-17-9-8-12-20(19(17)14-16(3)4)21-18-10-6-5-7-11-18/h5-12,15-16,21H,13-14H2,1-4H3. The van der Waals surface area contributed by atoms with Crippen LogP contribution in [0.15, 0.2) is 48.5 Å². The van der Waals surface area contributed by atoms with E-state index in [0.717, 1.165) is 18.5 Å². The lowest BCUT2D eigenvalue weighted by atomic mass is 9.91. The molecule has 112 valence electrons. The Hall–Kier alpha value is -1.76. The van der Waals surface area contributed by atoms with Gasteiger partial charge in [-0.1, -0.05) is 58.0 Å². The summed E-state index contributed by atoms with van der Waals surface area (Å²) in [6.45, 7) is 9.16. The zero-order valence-electron chi connectivity index (χ0n) is 13.7. The van der Waals surface area contributed by atoms with Gasteiger partial charge in [-0.05, 0) is 54.0 Å². The fourth-order valence-electron chi connectivity index (χ4n) is 2.71. The first-order chi connectivity index (χ1) is 10.1. The maximum atomic E-state index is 3.59. The molecule has 0 amide bonds. The van der Waals surface area contributed by atoms with Crippen LogP contribution in [0.25, 0.3) is 0 Å². The Balaban J connectivity index is 2.34. The van der Waals surface area contributed by atoms with Crippen LogP contribution in [0.1, 0.15) is 38.8 Å². The molecule has 1 N–H and O–H groups in total. The Bertz CT molecular complexity index is 555. The lowest BCUT2D eigenvalue weighted by Gasteiger charge is -2.19. The highest BCUT2D eigenvalue weighted by Crippen LogP contribution is 2.28. The van der Waals surface area contributed by atoms with E-state index in [4.69, 9.17) is 0 Å². The molecule has 2 aromatic carbocycles. The van der Waals surface area contributed by atoms with Crippen LogP contribution in [0.3, 0.4) is 0 Å². The van der Waals surface area contributed by atoms with E-state index in [0.29, 0.717) is 11.8 Å². The first kappa shape index (κ1) is 15.6. The van der Waals surface area contributed by atoms with Crippen LogP contribution in [-0.2, 0) is 12.8 Å². The van der Waals surface area contributed by atoms with Crippen LogP contribution in [-0.4, -0.2) is 0 Å². The van der Waals surface area contributed by atoms with Crippen LogP contribution in [0.4, 0.5) is 11.4 Å². The lowest BCUT2D eigenvalue weighted by Crippen LogP contribution is -2.06. The third-order valence-electron chi connectivity index (χ3n) is 3.57. The van der Waals surface area contributed by atoms with E-state index >= 15 is 0 Å². The van der Waals surface area contributed by atoms with Gasteiger partial charge in [-0.25, -0.2) is 0 Å². The van der Waals surface area contributed by atoms with Gasteiger partial charge in [0.05, 0.1) is 0 Å². The fourth-order valence-corrected chi connectivity index (χ4v) is 2.71. The molecule has 0 fully saturated rings. The van der Waals surface area contributed by atoms with Gasteiger partial charge in [0.25, 0.3) is 0 Å². The highest BCUT2D eigenvalue weighted by atomic mass is 14.9. The first-order valence-electron chi connectivity index (χ1n) is 7.99. The van der Waals surface area contributed by atoms with Crippen molar-refractivity contribution in [2.45, 2.75) is 40.5 Å². The van der Waals surface area contributed by atoms with Gasteiger partial charge in [0.15, 0.2) is 0 Å². The highest BCUT2D eigenvalue weighted by Gasteiger charge is 2.11. The maximum absolute atomic E-state index is 3.59. The zero-order chi connectivity index (χ0) is 15.2. The molecule has 0 bridgehead atoms. The Kier molecular flexibility index (Phi) is 5.44. The van der Waals surface area contributed by atoms with Gasteiger partial charge < -0.3 is 5.32 Å². The van der Waals surface area contributed by atoms with Gasteiger partial charge in [-0.3, -0.25) is 0 Å². The normalized spacial score (nSPS) is 11.1. The SMILES string of the molecule is CC(C)Cc1cccc(Nc2ccccc2)c1CC(C)C. The van der Waals surface area contributed by atoms with E-state index < -0.39 is 0 Å². The molecule has 21 heavy (non-hydrogen) atoms. The van der Waals surface area contributed by atoms with Crippen molar-refractivity contribution in [3.8, 4) is 0 Å². The van der Waals surface area contributed by atoms with Crippen LogP contribution in [0.5, 0.6) is 0 Å². The van der Waals surface area contributed by atoms with Crippen molar-refractivity contribution >= 4 is 11.4 Å². The molecule has 2 rings (SSSR count). The molecule has 0 spiro atoms. The second-order valence-corrected chi connectivity index (χ2v) is 6.63. The quantitative estimate of drug-likeness (QED) is 0.702. The largest absolute Gasteiger partial charge is 0.355 e. The Morgan fingerprint density at radius 2 is 1.43 bits per heavy atom. The number of hydrogen-bond donors (Lipinski definition) is 1. The van der Waals surface area contributed by atoms with Crippen LogP contribution < -0.4 is 5.32 Å². The number of para-hydroxylation sites is 1. The van der Waals surface area contributed by atoms with Crippen molar-refractivity contribution in [3.05, 3.63) is 59.7 Å². The molecule has 2 aromatic rings. The van der Waals surface area contributed by atoms with Crippen molar-refractivity contribution in [2.75, 3.05) is 5.32 Å². The van der Waals surface area contributed by atoms with Crippen molar-refractivity contribution in [1.29, 1.82) is 0 Å². The summed E-state index contributed by atoms with van der Waals surface area (Å²) in [7, 11) is 0. The summed E-state index contributed by atoms with van der Waals surface area (Å²) in [4.78, 5) is 0. The summed E-state index contributed by atoms with van der Waals surface area (Å²) in [5.74, 6) is 1.34. The molecule has 0 saturated heterocycles. The van der Waals surface area contributed by atoms with Crippen LogP contribution in [0.2, 0.25) is 0 Å². The topological polar surface area (TPSA) is 12.0 Å². The molecule has 0 unspecified atom stereocenters. The highest BCUT2D eigenvalue weighted by molar-refractivity contribution is 5.64. The monoisotopic (exact) mass is 281 g/mol. The van der Waals surface area contributed by atoms with Crippen LogP contribution >= 0.6 is 0 Å². The fraction of sp³-hybridized carbons (Fsp3) is 0.400. The number of nitrogens with one attached hydrogen (secondary N) is 1. The summed E-state index contributed by atoms with van der Waals surface area (Å²) in [5, 5.41) is 3.59. The van der Waals surface area contributed by atoms with E-state index in [1.54, 1.807) is 0 Å². The molecule has 0 saturated carbocycles. The van der Waals surface area contributed by atoms with Crippen LogP contribution in [0, 0.1) is 11.8 Å². The van der Waals surface area contributed by atoms with Crippen molar-refractivity contribution in [1.82, 2.24) is 0 Å². The van der Waals surface area contributed by atoms with Crippen molar-refractivity contribution < 1.29 is 0 Å². The summed E-state index contributed by atoms with van der Waals surface area (Å²) >= 11 is 0. The molecule has 0 atom stereocenters. The predicted molar refractivity (Wildman–Crippen MR) is 93.3 cm³/mol. The Labute approximate surface area is 129 Å². The van der Waals surface area contributed by atoms with Gasteiger partial charge in [0.1, 0.15) is 0 Å². The average molecular weight is 281 g/mol. The molecule has 1 nitrogen and oxygen atoms in total. The molecule has 0 aliphatic heterocycles. The van der Waals surface area contributed by atoms with E-state index in [2.05, 4.69) is 81.5 Å². The number of benzene rings is 2. The summed E-state index contributed by atoms with van der Waals surface area (Å²) in [5.41, 5.74) is 5.38. The smallest absolute Gasteiger partial charge is 0.0419 e. The minimum Gasteiger partial charge on any atom is -0.355 e. The van der Waals surface area contributed by atoms with Gasteiger partial charge in [-0.2, -0.15) is 0 Å². The zero-order valence-corrected chi connectivity index (χ0v) is 13.7. The molecule has 0 heterocycles. The minimum atomic E-state index is 0.662. The third kappa shape index (κ3) is 4.63. The molecule has 1 heteroatoms. The van der Waals surface area contributed by atoms with Gasteiger partial charge in [0.2, 0.25) is 0 Å². The molecule has 0 radical (unpaired) electrons. The van der Waals surface area contributed by atoms with E-state index in [1.807, 2.05) is 0 Å². The average Bonchev–Trinajstić information content (AvgIpc) is 2.42. The summed E-state index contributed by atoms with van der Waals surface area (Å²) < 4.78 is 0. The van der Waals surface area contributed by atoms with E-state index in [1.165, 1.54) is 16.8 Å². The van der Waals surface area contributed by atoms with Gasteiger partial charge in [-0.15, -0.1) is 0 Å². The Morgan fingerprint density at radius 3 is 2.05 bits per heavy atom. The molecule has 0 aliphatic carbocycles. The Morgan fingerprint density at radius 1 is 0.762 bits per heavy atom. The molecule has 0 aliphatic rings. The minimum absolute atomic E-state index is 0.662. The van der Waals surface area contributed by atoms with Gasteiger partial charge in [0, 0.05) is 11.4 Å². The first-order valence-corrected chi connectivity index (χ1v) is 7.99. The molecule has 0 aromatic heterocycles. The van der Waals surface area contributed by atoms with E-state index in [9.17, 15) is 0 Å². The van der Waals surface area contributed by atoms with E-state index in [-0.39, 0.29) is 0 Å². The predicted octanol–water partition coefficient (Wildman–Crippen LogP) is 5.83. The lowest BCUT2D eigenvalue weighted by molar-refractivity contribution is 0.617.